The van der Waals surface area contributed by atoms with Crippen LogP contribution in [0.3, 0.4) is 0 Å². The quantitative estimate of drug-likeness (QED) is 0.635. The van der Waals surface area contributed by atoms with Gasteiger partial charge in [0.1, 0.15) is 4.21 Å². The Bertz CT molecular complexity index is 443. The number of methoxy groups -OCH3 is 1. The average molecular weight is 295 g/mol. The number of nitrogens with one attached hydrogen (secondary N) is 1. The van der Waals surface area contributed by atoms with Crippen molar-refractivity contribution in [2.75, 3.05) is 33.5 Å². The van der Waals surface area contributed by atoms with Crippen molar-refractivity contribution >= 4 is 21.4 Å². The molecule has 1 heterocycles. The van der Waals surface area contributed by atoms with Crippen LogP contribution in [0.4, 0.5) is 0 Å². The minimum Gasteiger partial charge on any atom is -0.392 e. The molecule has 0 fully saturated rings. The number of ether oxygens (including phenoxy) is 2. The van der Waals surface area contributed by atoms with Gasteiger partial charge in [-0.25, -0.2) is 13.1 Å². The summed E-state index contributed by atoms with van der Waals surface area (Å²) < 4.78 is 36.1. The summed E-state index contributed by atoms with van der Waals surface area (Å²) in [5.74, 6) is 0. The summed E-state index contributed by atoms with van der Waals surface area (Å²) in [7, 11) is -1.93. The molecule has 1 rings (SSSR count). The van der Waals surface area contributed by atoms with Crippen molar-refractivity contribution < 1.29 is 23.0 Å². The van der Waals surface area contributed by atoms with E-state index in [9.17, 15) is 8.42 Å². The van der Waals surface area contributed by atoms with Crippen LogP contribution in [0.1, 0.15) is 5.56 Å². The first-order valence-electron chi connectivity index (χ1n) is 5.35. The van der Waals surface area contributed by atoms with E-state index in [0.29, 0.717) is 25.4 Å². The molecule has 0 spiro atoms. The van der Waals surface area contributed by atoms with E-state index < -0.39 is 10.0 Å². The second-order valence-corrected chi connectivity index (χ2v) is 6.34. The van der Waals surface area contributed by atoms with Gasteiger partial charge in [-0.3, -0.25) is 0 Å². The summed E-state index contributed by atoms with van der Waals surface area (Å²) in [5.41, 5.74) is 0.594. The van der Waals surface area contributed by atoms with Gasteiger partial charge < -0.3 is 14.6 Å². The van der Waals surface area contributed by atoms with E-state index in [-0.39, 0.29) is 17.4 Å². The number of aliphatic hydroxyl groups is 1. The molecule has 104 valence electrons. The number of sulfonamides is 1. The molecule has 0 bridgehead atoms. The van der Waals surface area contributed by atoms with Crippen molar-refractivity contribution in [2.45, 2.75) is 10.8 Å². The molecule has 0 radical (unpaired) electrons. The summed E-state index contributed by atoms with van der Waals surface area (Å²) >= 11 is 1.08. The van der Waals surface area contributed by atoms with Crippen LogP contribution in [0, 0.1) is 0 Å². The zero-order chi connectivity index (χ0) is 13.4. The second kappa shape index (κ2) is 7.82. The monoisotopic (exact) mass is 295 g/mol. The molecule has 0 aromatic carbocycles. The molecule has 18 heavy (non-hydrogen) atoms. The lowest BCUT2D eigenvalue weighted by Gasteiger charge is -2.05. The molecule has 0 saturated heterocycles. The fourth-order valence-corrected chi connectivity index (χ4v) is 3.40. The molecule has 0 aliphatic carbocycles. The average Bonchev–Trinajstić information content (AvgIpc) is 2.83. The Morgan fingerprint density at radius 1 is 1.39 bits per heavy atom. The van der Waals surface area contributed by atoms with Crippen LogP contribution < -0.4 is 4.72 Å². The van der Waals surface area contributed by atoms with E-state index in [4.69, 9.17) is 14.6 Å². The van der Waals surface area contributed by atoms with Crippen LogP contribution in [0.2, 0.25) is 0 Å². The maximum Gasteiger partial charge on any atom is 0.250 e. The molecular weight excluding hydrogens is 278 g/mol. The predicted molar refractivity (Wildman–Crippen MR) is 68.1 cm³/mol. The molecule has 2 N–H and O–H groups in total. The van der Waals surface area contributed by atoms with Crippen LogP contribution >= 0.6 is 11.3 Å². The lowest BCUT2D eigenvalue weighted by Crippen LogP contribution is -2.27. The van der Waals surface area contributed by atoms with Gasteiger partial charge in [0, 0.05) is 13.7 Å². The SMILES string of the molecule is COCCOCCNS(=O)(=O)c1cc(CO)cs1. The number of aliphatic hydroxyl groups excluding tert-OH is 1. The zero-order valence-electron chi connectivity index (χ0n) is 10.1. The Balaban J connectivity index is 2.36. The summed E-state index contributed by atoms with van der Waals surface area (Å²) in [6.45, 7) is 1.26. The first kappa shape index (κ1) is 15.5. The molecule has 0 aliphatic rings. The zero-order valence-corrected chi connectivity index (χ0v) is 11.7. The van der Waals surface area contributed by atoms with Crippen LogP contribution in [0.15, 0.2) is 15.7 Å². The smallest absolute Gasteiger partial charge is 0.250 e. The largest absolute Gasteiger partial charge is 0.392 e. The van der Waals surface area contributed by atoms with Gasteiger partial charge >= 0.3 is 0 Å². The topological polar surface area (TPSA) is 84.9 Å². The van der Waals surface area contributed by atoms with E-state index in [2.05, 4.69) is 4.72 Å². The summed E-state index contributed by atoms with van der Waals surface area (Å²) in [6, 6.07) is 1.46. The van der Waals surface area contributed by atoms with E-state index >= 15 is 0 Å². The third-order valence-electron chi connectivity index (χ3n) is 2.05. The van der Waals surface area contributed by atoms with Crippen molar-refractivity contribution in [2.24, 2.45) is 0 Å². The molecule has 0 unspecified atom stereocenters. The van der Waals surface area contributed by atoms with Gasteiger partial charge in [-0.2, -0.15) is 0 Å². The van der Waals surface area contributed by atoms with Gasteiger partial charge in [-0.05, 0) is 17.0 Å². The summed E-state index contributed by atoms with van der Waals surface area (Å²) in [6.07, 6.45) is 0. The molecule has 0 aliphatic heterocycles. The predicted octanol–water partition coefficient (Wildman–Crippen LogP) is 0.182. The minimum atomic E-state index is -3.50. The van der Waals surface area contributed by atoms with Crippen LogP contribution in [0.5, 0.6) is 0 Å². The molecule has 1 aromatic heterocycles. The van der Waals surface area contributed by atoms with Gasteiger partial charge in [0.2, 0.25) is 10.0 Å². The van der Waals surface area contributed by atoms with Crippen LogP contribution in [0.25, 0.3) is 0 Å². The Morgan fingerprint density at radius 3 is 2.78 bits per heavy atom. The second-order valence-electron chi connectivity index (χ2n) is 3.44. The number of hydrogen-bond donors (Lipinski definition) is 2. The van der Waals surface area contributed by atoms with E-state index in [1.807, 2.05) is 0 Å². The van der Waals surface area contributed by atoms with E-state index in [1.54, 1.807) is 12.5 Å². The Kier molecular flexibility index (Phi) is 6.76. The lowest BCUT2D eigenvalue weighted by atomic mass is 10.4. The third-order valence-corrected chi connectivity index (χ3v) is 5.00. The highest BCUT2D eigenvalue weighted by Crippen LogP contribution is 2.19. The molecule has 0 atom stereocenters. The fourth-order valence-electron chi connectivity index (χ4n) is 1.14. The molecule has 8 heteroatoms. The Hall–Kier alpha value is -0.510. The number of thiophene rings is 1. The molecular formula is C10H17NO5S2. The van der Waals surface area contributed by atoms with Crippen molar-refractivity contribution in [3.8, 4) is 0 Å². The van der Waals surface area contributed by atoms with Gasteiger partial charge in [-0.15, -0.1) is 11.3 Å². The molecule has 0 saturated carbocycles. The number of rotatable bonds is 9. The maximum atomic E-state index is 11.8. The summed E-state index contributed by atoms with van der Waals surface area (Å²) in [4.78, 5) is 0. The first-order valence-corrected chi connectivity index (χ1v) is 7.71. The standard InChI is InChI=1S/C10H17NO5S2/c1-15-4-5-16-3-2-11-18(13,14)10-6-9(7-12)8-17-10/h6,8,11-12H,2-5,7H2,1H3. The van der Waals surface area contributed by atoms with Gasteiger partial charge in [0.25, 0.3) is 0 Å². The highest BCUT2D eigenvalue weighted by molar-refractivity contribution is 7.91. The van der Waals surface area contributed by atoms with Crippen molar-refractivity contribution in [1.82, 2.24) is 4.72 Å². The van der Waals surface area contributed by atoms with Crippen LogP contribution in [-0.2, 0) is 26.1 Å². The summed E-state index contributed by atoms with van der Waals surface area (Å²) in [5, 5.41) is 10.5. The molecule has 1 aromatic rings. The van der Waals surface area contributed by atoms with Crippen LogP contribution in [-0.4, -0.2) is 47.0 Å². The van der Waals surface area contributed by atoms with Crippen molar-refractivity contribution in [3.05, 3.63) is 17.0 Å². The molecule has 6 nitrogen and oxygen atoms in total. The Morgan fingerprint density at radius 2 is 2.17 bits per heavy atom. The highest BCUT2D eigenvalue weighted by Gasteiger charge is 2.15. The molecule has 0 amide bonds. The van der Waals surface area contributed by atoms with E-state index in [0.717, 1.165) is 11.3 Å². The highest BCUT2D eigenvalue weighted by atomic mass is 32.2. The van der Waals surface area contributed by atoms with Crippen molar-refractivity contribution in [1.29, 1.82) is 0 Å². The van der Waals surface area contributed by atoms with Crippen molar-refractivity contribution in [3.63, 3.8) is 0 Å². The number of hydrogen-bond acceptors (Lipinski definition) is 6. The minimum absolute atomic E-state index is 0.161. The first-order chi connectivity index (χ1) is 8.60. The maximum absolute atomic E-state index is 11.8. The van der Waals surface area contributed by atoms with E-state index in [1.165, 1.54) is 6.07 Å². The fraction of sp³-hybridized carbons (Fsp3) is 0.600. The normalized spacial score (nSPS) is 11.9. The van der Waals surface area contributed by atoms with Gasteiger partial charge in [0.05, 0.1) is 26.4 Å². The third kappa shape index (κ3) is 5.01. The van der Waals surface area contributed by atoms with Gasteiger partial charge in [-0.1, -0.05) is 0 Å². The van der Waals surface area contributed by atoms with Gasteiger partial charge in [0.15, 0.2) is 0 Å². The Labute approximate surface area is 111 Å². The lowest BCUT2D eigenvalue weighted by molar-refractivity contribution is 0.0736.